The smallest absolute Gasteiger partial charge is 0.261 e. The number of rotatable bonds is 2. The largest absolute Gasteiger partial charge is 0.383 e. The lowest BCUT2D eigenvalue weighted by atomic mass is 9.99. The highest BCUT2D eigenvalue weighted by atomic mass is 19.1. The van der Waals surface area contributed by atoms with E-state index in [9.17, 15) is 13.6 Å². The molecule has 0 amide bonds. The van der Waals surface area contributed by atoms with E-state index in [2.05, 4.69) is 26.9 Å². The number of nitrogens with one attached hydrogen (secondary N) is 1. The van der Waals surface area contributed by atoms with Crippen LogP contribution in [-0.4, -0.2) is 40.0 Å². The molecule has 8 heteroatoms. The molecule has 6 nitrogen and oxygen atoms in total. The van der Waals surface area contributed by atoms with Crippen LogP contribution in [0, 0.1) is 30.5 Å². The van der Waals surface area contributed by atoms with Crippen molar-refractivity contribution in [2.75, 3.05) is 25.9 Å². The van der Waals surface area contributed by atoms with Crippen LogP contribution in [0.4, 0.5) is 14.6 Å². The molecule has 1 saturated heterocycles. The molecule has 1 aliphatic carbocycles. The van der Waals surface area contributed by atoms with Gasteiger partial charge >= 0.3 is 0 Å². The van der Waals surface area contributed by atoms with E-state index in [1.165, 1.54) is 31.6 Å². The molecule has 0 bridgehead atoms. The minimum absolute atomic E-state index is 0.0764. The van der Waals surface area contributed by atoms with E-state index in [0.717, 1.165) is 11.8 Å². The van der Waals surface area contributed by atoms with E-state index in [1.54, 1.807) is 37.3 Å². The van der Waals surface area contributed by atoms with Gasteiger partial charge in [0, 0.05) is 24.2 Å². The third-order valence-electron chi connectivity index (χ3n) is 6.44. The normalized spacial score (nSPS) is 18.9. The predicted octanol–water partition coefficient (Wildman–Crippen LogP) is 4.39. The van der Waals surface area contributed by atoms with Gasteiger partial charge in [0.15, 0.2) is 0 Å². The summed E-state index contributed by atoms with van der Waals surface area (Å²) in [5.41, 5.74) is 7.11. The van der Waals surface area contributed by atoms with Crippen molar-refractivity contribution < 1.29 is 8.78 Å². The molecule has 2 fully saturated rings. The fourth-order valence-corrected chi connectivity index (χ4v) is 4.68. The molecule has 3 heterocycles. The average Bonchev–Trinajstić information content (AvgIpc) is 3.40. The van der Waals surface area contributed by atoms with Gasteiger partial charge in [-0.1, -0.05) is 30.3 Å². The van der Waals surface area contributed by atoms with Crippen LogP contribution in [0.15, 0.2) is 53.3 Å². The molecule has 2 aromatic carbocycles. The first-order valence-electron chi connectivity index (χ1n) is 11.2. The molecular formula is C26H25F2N5O. The summed E-state index contributed by atoms with van der Waals surface area (Å²) in [6.07, 6.45) is 1.53. The van der Waals surface area contributed by atoms with E-state index in [-0.39, 0.29) is 22.3 Å². The number of nitrogens with two attached hydrogens (primary N) is 1. The van der Waals surface area contributed by atoms with E-state index < -0.39 is 17.3 Å². The summed E-state index contributed by atoms with van der Waals surface area (Å²) >= 11 is 0. The molecule has 2 unspecified atom stereocenters. The topological polar surface area (TPSA) is 87.9 Å². The van der Waals surface area contributed by atoms with Crippen LogP contribution in [0.2, 0.25) is 0 Å². The molecule has 2 aromatic heterocycles. The van der Waals surface area contributed by atoms with Crippen LogP contribution in [-0.2, 0) is 0 Å². The first kappa shape index (κ1) is 22.2. The van der Waals surface area contributed by atoms with Crippen molar-refractivity contribution in [3.8, 4) is 22.3 Å². The summed E-state index contributed by atoms with van der Waals surface area (Å²) in [6, 6.07) is 13.1. The third-order valence-corrected chi connectivity index (χ3v) is 6.44. The van der Waals surface area contributed by atoms with Gasteiger partial charge in [0.05, 0.1) is 5.52 Å². The molecular weight excluding hydrogens is 436 g/mol. The zero-order chi connectivity index (χ0) is 24.0. The molecule has 4 aromatic rings. The first-order chi connectivity index (χ1) is 16.3. The zero-order valence-corrected chi connectivity index (χ0v) is 19.0. The summed E-state index contributed by atoms with van der Waals surface area (Å²) < 4.78 is 28.9. The van der Waals surface area contributed by atoms with Crippen LogP contribution in [0.5, 0.6) is 0 Å². The maximum Gasteiger partial charge on any atom is 0.261 e. The van der Waals surface area contributed by atoms with Gasteiger partial charge in [-0.15, -0.1) is 0 Å². The van der Waals surface area contributed by atoms with Crippen molar-refractivity contribution in [2.45, 2.75) is 13.3 Å². The number of fused-ring (bicyclic) bond motifs is 2. The molecule has 1 aliphatic heterocycles. The van der Waals surface area contributed by atoms with Crippen LogP contribution in [0.25, 0.3) is 33.2 Å². The number of benzene rings is 2. The second-order valence-corrected chi connectivity index (χ2v) is 9.11. The Kier molecular flexibility index (Phi) is 5.61. The quantitative estimate of drug-likeness (QED) is 0.433. The number of aromatic amines is 1. The predicted molar refractivity (Wildman–Crippen MR) is 129 cm³/mol. The lowest BCUT2D eigenvalue weighted by Crippen LogP contribution is -2.15. The van der Waals surface area contributed by atoms with Gasteiger partial charge in [-0.3, -0.25) is 4.79 Å². The van der Waals surface area contributed by atoms with Crippen LogP contribution < -0.4 is 11.3 Å². The van der Waals surface area contributed by atoms with Crippen molar-refractivity contribution in [1.82, 2.24) is 19.9 Å². The Morgan fingerprint density at radius 2 is 1.71 bits per heavy atom. The van der Waals surface area contributed by atoms with Gasteiger partial charge in [0.25, 0.3) is 5.56 Å². The van der Waals surface area contributed by atoms with Crippen molar-refractivity contribution in [3.05, 3.63) is 76.5 Å². The number of likely N-dealkylation sites (tertiary alicyclic amines) is 1. The van der Waals surface area contributed by atoms with Gasteiger partial charge < -0.3 is 15.6 Å². The molecule has 0 radical (unpaired) electrons. The Bertz CT molecular complexity index is 1430. The van der Waals surface area contributed by atoms with Crippen molar-refractivity contribution in [1.29, 1.82) is 0 Å². The third kappa shape index (κ3) is 4.28. The Morgan fingerprint density at radius 3 is 2.35 bits per heavy atom. The number of halogens is 2. The number of nitrogens with zero attached hydrogens (tertiary/aromatic N) is 3. The Morgan fingerprint density at radius 1 is 1.00 bits per heavy atom. The summed E-state index contributed by atoms with van der Waals surface area (Å²) in [5, 5.41) is -0.138. The number of hydrogen-bond donors (Lipinski definition) is 2. The average molecular weight is 462 g/mol. The zero-order valence-electron chi connectivity index (χ0n) is 19.0. The van der Waals surface area contributed by atoms with Crippen LogP contribution in [0.1, 0.15) is 12.2 Å². The lowest BCUT2D eigenvalue weighted by molar-refractivity contribution is 0.373. The fraction of sp³-hybridized carbons (Fsp3) is 0.269. The highest BCUT2D eigenvalue weighted by Crippen LogP contribution is 2.44. The summed E-state index contributed by atoms with van der Waals surface area (Å²) in [5.74, 6) is 1.07. The molecule has 1 saturated carbocycles. The maximum atomic E-state index is 14.6. The number of pyridine rings is 1. The number of nitrogen functional groups attached to an aromatic ring is 1. The molecule has 6 rings (SSSR count). The molecule has 2 atom stereocenters. The number of aromatic nitrogens is 3. The molecule has 2 aliphatic rings. The van der Waals surface area contributed by atoms with Crippen molar-refractivity contribution in [2.24, 2.45) is 11.8 Å². The second kappa shape index (κ2) is 8.61. The number of piperidine rings is 1. The summed E-state index contributed by atoms with van der Waals surface area (Å²) in [4.78, 5) is 24.8. The summed E-state index contributed by atoms with van der Waals surface area (Å²) in [6.45, 7) is 4.36. The fourth-order valence-electron chi connectivity index (χ4n) is 4.68. The Hall–Kier alpha value is -3.65. The standard InChI is InChI=1S/C20H14F2N4O.C6H11N/c1-10-24-16-8-12(7-15(21)17(16)20(27)25-10)14-9-13(18(22)26-19(14)23)11-5-3-2-4-6-11;1-7-3-5-2-6(5)4-7/h2-9H,1H3,(H2,23,26)(H,24,25,27);5-6H,2-4H2,1H3. The molecule has 34 heavy (non-hydrogen) atoms. The van der Waals surface area contributed by atoms with Crippen molar-refractivity contribution in [3.63, 3.8) is 0 Å². The van der Waals surface area contributed by atoms with Gasteiger partial charge in [-0.05, 0) is 61.6 Å². The minimum Gasteiger partial charge on any atom is -0.383 e. The first-order valence-corrected chi connectivity index (χ1v) is 11.2. The maximum absolute atomic E-state index is 14.6. The van der Waals surface area contributed by atoms with Gasteiger partial charge in [-0.25, -0.2) is 14.4 Å². The van der Waals surface area contributed by atoms with Crippen LogP contribution in [0.3, 0.4) is 0 Å². The van der Waals surface area contributed by atoms with E-state index in [4.69, 9.17) is 5.73 Å². The highest BCUT2D eigenvalue weighted by molar-refractivity contribution is 5.88. The minimum atomic E-state index is -0.735. The summed E-state index contributed by atoms with van der Waals surface area (Å²) in [7, 11) is 2.21. The Labute approximate surface area is 195 Å². The van der Waals surface area contributed by atoms with Gasteiger partial charge in [0.1, 0.15) is 22.8 Å². The molecule has 3 N–H and O–H groups in total. The monoisotopic (exact) mass is 461 g/mol. The highest BCUT2D eigenvalue weighted by Gasteiger charge is 2.43. The Balaban J connectivity index is 0.000000290. The molecule has 174 valence electrons. The van der Waals surface area contributed by atoms with E-state index in [0.29, 0.717) is 22.5 Å². The van der Waals surface area contributed by atoms with E-state index in [1.807, 2.05) is 6.07 Å². The molecule has 0 spiro atoms. The van der Waals surface area contributed by atoms with Gasteiger partial charge in [-0.2, -0.15) is 4.39 Å². The van der Waals surface area contributed by atoms with Crippen molar-refractivity contribution >= 4 is 16.7 Å². The van der Waals surface area contributed by atoms with Crippen LogP contribution >= 0.6 is 0 Å². The van der Waals surface area contributed by atoms with Gasteiger partial charge in [0.2, 0.25) is 5.95 Å². The number of H-pyrrole nitrogens is 1. The second-order valence-electron chi connectivity index (χ2n) is 9.11. The number of aryl methyl sites for hydroxylation is 1. The lowest BCUT2D eigenvalue weighted by Gasteiger charge is -2.11. The number of hydrogen-bond acceptors (Lipinski definition) is 5. The SMILES string of the molecule is CN1CC2CC2C1.Cc1nc2cc(-c3cc(-c4ccccc4)c(F)nc3N)cc(F)c2c(=O)[nH]1. The number of anilines is 1. The van der Waals surface area contributed by atoms with E-state index >= 15 is 0 Å².